The molecule has 5 nitrogen and oxygen atoms in total. The molecule has 0 aromatic carbocycles. The summed E-state index contributed by atoms with van der Waals surface area (Å²) in [4.78, 5) is 16.2. The largest absolute Gasteiger partial charge is 0.275 e. The van der Waals surface area contributed by atoms with Gasteiger partial charge in [0.05, 0.1) is 12.8 Å². The van der Waals surface area contributed by atoms with Crippen LogP contribution in [0, 0.1) is 13.8 Å². The van der Waals surface area contributed by atoms with Gasteiger partial charge in [0.1, 0.15) is 6.54 Å². The van der Waals surface area contributed by atoms with Crippen LogP contribution in [-0.4, -0.2) is 34.9 Å². The maximum Gasteiger partial charge on any atom is 0.267 e. The van der Waals surface area contributed by atoms with Gasteiger partial charge in [-0.3, -0.25) is 14.3 Å². The molecule has 1 rings (SSSR count). The van der Waals surface area contributed by atoms with Crippen LogP contribution in [0.25, 0.3) is 0 Å². The van der Waals surface area contributed by atoms with Crippen molar-refractivity contribution in [1.29, 1.82) is 0 Å². The number of amides is 1. The first-order valence-electron chi connectivity index (χ1n) is 4.36. The zero-order chi connectivity index (χ0) is 10.7. The fraction of sp³-hybridized carbons (Fsp3) is 0.556. The summed E-state index contributed by atoms with van der Waals surface area (Å²) >= 11 is 0. The Hall–Kier alpha value is -1.36. The number of nitrogens with zero attached hydrogens (tertiary/aromatic N) is 3. The fourth-order valence-corrected chi connectivity index (χ4v) is 1.16. The Labute approximate surface area is 83.2 Å². The summed E-state index contributed by atoms with van der Waals surface area (Å²) in [5.74, 6) is -0.126. The zero-order valence-electron chi connectivity index (χ0n) is 8.94. The van der Waals surface area contributed by atoms with Gasteiger partial charge in [0.15, 0.2) is 0 Å². The molecule has 14 heavy (non-hydrogen) atoms. The summed E-state index contributed by atoms with van der Waals surface area (Å²) in [5.41, 5.74) is 1.88. The Morgan fingerprint density at radius 1 is 1.64 bits per heavy atom. The standard InChI is InChI=1S/C9H15N3O2/c1-7-5-8(2)12(10-7)6-9(13)11(3)14-4/h5H,6H2,1-4H3. The van der Waals surface area contributed by atoms with Gasteiger partial charge in [0.25, 0.3) is 5.91 Å². The molecule has 1 aromatic heterocycles. The van der Waals surface area contributed by atoms with Gasteiger partial charge in [0.2, 0.25) is 0 Å². The minimum absolute atomic E-state index is 0.126. The van der Waals surface area contributed by atoms with Crippen molar-refractivity contribution in [3.05, 3.63) is 17.5 Å². The smallest absolute Gasteiger partial charge is 0.267 e. The van der Waals surface area contributed by atoms with Gasteiger partial charge in [0, 0.05) is 12.7 Å². The first-order chi connectivity index (χ1) is 6.54. The minimum Gasteiger partial charge on any atom is -0.275 e. The molecule has 0 atom stereocenters. The van der Waals surface area contributed by atoms with Crippen molar-refractivity contribution in [2.45, 2.75) is 20.4 Å². The van der Waals surface area contributed by atoms with E-state index in [-0.39, 0.29) is 12.5 Å². The number of hydrogen-bond donors (Lipinski definition) is 0. The molecule has 0 bridgehead atoms. The van der Waals surface area contributed by atoms with E-state index in [1.165, 1.54) is 12.2 Å². The predicted molar refractivity (Wildman–Crippen MR) is 51.5 cm³/mol. The van der Waals surface area contributed by atoms with E-state index in [4.69, 9.17) is 4.84 Å². The van der Waals surface area contributed by atoms with Crippen LogP contribution in [0.1, 0.15) is 11.4 Å². The van der Waals surface area contributed by atoms with E-state index >= 15 is 0 Å². The molecule has 0 aliphatic rings. The second-order valence-corrected chi connectivity index (χ2v) is 3.16. The number of hydrogen-bond acceptors (Lipinski definition) is 3. The van der Waals surface area contributed by atoms with Gasteiger partial charge in [-0.15, -0.1) is 0 Å². The number of aromatic nitrogens is 2. The number of rotatable bonds is 3. The molecule has 0 unspecified atom stereocenters. The van der Waals surface area contributed by atoms with Crippen LogP contribution < -0.4 is 0 Å². The van der Waals surface area contributed by atoms with Gasteiger partial charge < -0.3 is 0 Å². The van der Waals surface area contributed by atoms with Gasteiger partial charge in [-0.1, -0.05) is 0 Å². The Bertz CT molecular complexity index is 333. The summed E-state index contributed by atoms with van der Waals surface area (Å²) in [5, 5.41) is 5.37. The van der Waals surface area contributed by atoms with Crippen LogP contribution in [0.2, 0.25) is 0 Å². The highest BCUT2D eigenvalue weighted by molar-refractivity contribution is 5.74. The Kier molecular flexibility index (Phi) is 3.24. The average Bonchev–Trinajstić information content (AvgIpc) is 2.44. The van der Waals surface area contributed by atoms with Crippen molar-refractivity contribution in [3.63, 3.8) is 0 Å². The van der Waals surface area contributed by atoms with Crippen molar-refractivity contribution in [3.8, 4) is 0 Å². The predicted octanol–water partition coefficient (Wildman–Crippen LogP) is 0.520. The number of carbonyl (C=O) groups excluding carboxylic acids is 1. The van der Waals surface area contributed by atoms with E-state index < -0.39 is 0 Å². The fourth-order valence-electron chi connectivity index (χ4n) is 1.16. The molecular weight excluding hydrogens is 182 g/mol. The molecular formula is C9H15N3O2. The summed E-state index contributed by atoms with van der Waals surface area (Å²) in [6.45, 7) is 4.03. The molecule has 0 radical (unpaired) electrons. The first kappa shape index (κ1) is 10.7. The third-order valence-corrected chi connectivity index (χ3v) is 2.01. The van der Waals surface area contributed by atoms with Gasteiger partial charge in [-0.05, 0) is 19.9 Å². The van der Waals surface area contributed by atoms with E-state index in [0.717, 1.165) is 11.4 Å². The van der Waals surface area contributed by atoms with Crippen LogP contribution in [0.3, 0.4) is 0 Å². The summed E-state index contributed by atoms with van der Waals surface area (Å²) in [7, 11) is 3.03. The van der Waals surface area contributed by atoms with Crippen LogP contribution in [0.15, 0.2) is 6.07 Å². The zero-order valence-corrected chi connectivity index (χ0v) is 8.94. The molecule has 5 heteroatoms. The van der Waals surface area contributed by atoms with Crippen molar-refractivity contribution >= 4 is 5.91 Å². The van der Waals surface area contributed by atoms with E-state index in [1.807, 2.05) is 19.9 Å². The quantitative estimate of drug-likeness (QED) is 0.664. The third-order valence-electron chi connectivity index (χ3n) is 2.01. The van der Waals surface area contributed by atoms with E-state index in [2.05, 4.69) is 5.10 Å². The van der Waals surface area contributed by atoms with E-state index in [9.17, 15) is 4.79 Å². The van der Waals surface area contributed by atoms with Gasteiger partial charge in [-0.25, -0.2) is 5.06 Å². The SMILES string of the molecule is CON(C)C(=O)Cn1nc(C)cc1C. The normalized spacial score (nSPS) is 10.3. The van der Waals surface area contributed by atoms with E-state index in [1.54, 1.807) is 11.7 Å². The molecule has 0 aliphatic heterocycles. The molecule has 0 fully saturated rings. The second kappa shape index (κ2) is 4.23. The maximum absolute atomic E-state index is 11.4. The highest BCUT2D eigenvalue weighted by atomic mass is 16.7. The molecule has 1 heterocycles. The lowest BCUT2D eigenvalue weighted by Gasteiger charge is -2.13. The number of likely N-dealkylation sites (N-methyl/N-ethyl adjacent to an activating group) is 1. The van der Waals surface area contributed by atoms with Crippen LogP contribution in [0.5, 0.6) is 0 Å². The molecule has 0 saturated carbocycles. The Morgan fingerprint density at radius 3 is 2.71 bits per heavy atom. The highest BCUT2D eigenvalue weighted by Crippen LogP contribution is 2.02. The molecule has 1 aromatic rings. The van der Waals surface area contributed by atoms with Crippen molar-refractivity contribution in [1.82, 2.24) is 14.8 Å². The molecule has 78 valence electrons. The van der Waals surface area contributed by atoms with Gasteiger partial charge in [-0.2, -0.15) is 5.10 Å². The number of carbonyl (C=O) groups is 1. The Morgan fingerprint density at radius 2 is 2.29 bits per heavy atom. The first-order valence-corrected chi connectivity index (χ1v) is 4.36. The number of aryl methyl sites for hydroxylation is 2. The topological polar surface area (TPSA) is 47.4 Å². The van der Waals surface area contributed by atoms with Crippen LogP contribution in [-0.2, 0) is 16.2 Å². The maximum atomic E-state index is 11.4. The third kappa shape index (κ3) is 2.32. The summed E-state index contributed by atoms with van der Waals surface area (Å²) in [6, 6.07) is 1.93. The lowest BCUT2D eigenvalue weighted by molar-refractivity contribution is -0.169. The lowest BCUT2D eigenvalue weighted by atomic mass is 10.4. The summed E-state index contributed by atoms with van der Waals surface area (Å²) in [6.07, 6.45) is 0. The molecule has 0 saturated heterocycles. The summed E-state index contributed by atoms with van der Waals surface area (Å²) < 4.78 is 1.66. The highest BCUT2D eigenvalue weighted by Gasteiger charge is 2.10. The minimum atomic E-state index is -0.126. The monoisotopic (exact) mass is 197 g/mol. The molecule has 0 N–H and O–H groups in total. The average molecular weight is 197 g/mol. The molecule has 0 aliphatic carbocycles. The number of hydroxylamine groups is 2. The molecule has 1 amide bonds. The molecule has 0 spiro atoms. The van der Waals surface area contributed by atoms with Crippen LogP contribution >= 0.6 is 0 Å². The van der Waals surface area contributed by atoms with Crippen LogP contribution in [0.4, 0.5) is 0 Å². The van der Waals surface area contributed by atoms with E-state index in [0.29, 0.717) is 0 Å². The Balaban J connectivity index is 2.69. The van der Waals surface area contributed by atoms with Gasteiger partial charge >= 0.3 is 0 Å². The van der Waals surface area contributed by atoms with Crippen molar-refractivity contribution in [2.24, 2.45) is 0 Å². The van der Waals surface area contributed by atoms with Crippen molar-refractivity contribution < 1.29 is 9.63 Å². The second-order valence-electron chi connectivity index (χ2n) is 3.16. The lowest BCUT2D eigenvalue weighted by Crippen LogP contribution is -2.29. The van der Waals surface area contributed by atoms with Crippen molar-refractivity contribution in [2.75, 3.05) is 14.2 Å².